The van der Waals surface area contributed by atoms with E-state index in [-0.39, 0.29) is 18.9 Å². The second-order valence-corrected chi connectivity index (χ2v) is 9.01. The van der Waals surface area contributed by atoms with Crippen LogP contribution in [0.2, 0.25) is 0 Å². The van der Waals surface area contributed by atoms with Crippen LogP contribution in [0.25, 0.3) is 0 Å². The van der Waals surface area contributed by atoms with Gasteiger partial charge in [-0.2, -0.15) is 0 Å². The summed E-state index contributed by atoms with van der Waals surface area (Å²) in [5.41, 5.74) is 0.189. The van der Waals surface area contributed by atoms with Gasteiger partial charge in [0.2, 0.25) is 0 Å². The van der Waals surface area contributed by atoms with Gasteiger partial charge >= 0.3 is 12.0 Å². The number of hydrogen-bond donors (Lipinski definition) is 1. The molecule has 1 N–H and O–H groups in total. The minimum Gasteiger partial charge on any atom is -0.480 e. The summed E-state index contributed by atoms with van der Waals surface area (Å²) in [5, 5.41) is 9.80. The van der Waals surface area contributed by atoms with Crippen LogP contribution in [0.15, 0.2) is 59.1 Å². The Kier molecular flexibility index (Phi) is 6.31. The fourth-order valence-corrected chi connectivity index (χ4v) is 4.11. The maximum absolute atomic E-state index is 13.6. The standard InChI is InChI=1S/C23H25BrN2O4/c1-15(2)13-19(20(27)28)26-21(29)23(3,17-9-11-18(24)12-10-17)25(22(26)30)14-16-7-5-4-6-8-16/h4-12,15,19H,13-14H2,1-3H3,(H,27,28)/t19?,23-/m0/s1. The Morgan fingerprint density at radius 3 is 2.20 bits per heavy atom. The Hall–Kier alpha value is -2.67. The molecule has 2 atom stereocenters. The molecule has 6 nitrogen and oxygen atoms in total. The summed E-state index contributed by atoms with van der Waals surface area (Å²) < 4.78 is 0.848. The molecule has 0 radical (unpaired) electrons. The number of carboxylic acids is 1. The number of carbonyl (C=O) groups excluding carboxylic acids is 2. The number of halogens is 1. The zero-order valence-corrected chi connectivity index (χ0v) is 18.8. The summed E-state index contributed by atoms with van der Waals surface area (Å²) in [5.74, 6) is -1.68. The van der Waals surface area contributed by atoms with Gasteiger partial charge in [0, 0.05) is 11.0 Å². The van der Waals surface area contributed by atoms with Gasteiger partial charge in [-0.1, -0.05) is 72.2 Å². The molecule has 3 rings (SSSR count). The topological polar surface area (TPSA) is 77.9 Å². The number of imide groups is 1. The molecule has 1 aliphatic rings. The first-order chi connectivity index (χ1) is 14.2. The average molecular weight is 473 g/mol. The van der Waals surface area contributed by atoms with Gasteiger partial charge in [-0.3, -0.25) is 4.79 Å². The summed E-state index contributed by atoms with van der Waals surface area (Å²) in [6.45, 7) is 5.63. The first-order valence-corrected chi connectivity index (χ1v) is 10.6. The Morgan fingerprint density at radius 2 is 1.67 bits per heavy atom. The summed E-state index contributed by atoms with van der Waals surface area (Å²) in [7, 11) is 0. The van der Waals surface area contributed by atoms with E-state index in [1.54, 1.807) is 19.1 Å². The van der Waals surface area contributed by atoms with Crippen LogP contribution in [0.1, 0.15) is 38.3 Å². The summed E-state index contributed by atoms with van der Waals surface area (Å²) in [4.78, 5) is 41.5. The van der Waals surface area contributed by atoms with Crippen molar-refractivity contribution in [3.63, 3.8) is 0 Å². The third-order valence-corrected chi connectivity index (χ3v) is 6.02. The Morgan fingerprint density at radius 1 is 1.07 bits per heavy atom. The van der Waals surface area contributed by atoms with Crippen molar-refractivity contribution in [2.45, 2.75) is 45.3 Å². The first kappa shape index (κ1) is 22.0. The number of urea groups is 1. The number of hydrogen-bond acceptors (Lipinski definition) is 3. The smallest absolute Gasteiger partial charge is 0.329 e. The molecular formula is C23H25BrN2O4. The monoisotopic (exact) mass is 472 g/mol. The van der Waals surface area contributed by atoms with Crippen LogP contribution in [0.5, 0.6) is 0 Å². The molecule has 158 valence electrons. The van der Waals surface area contributed by atoms with Crippen LogP contribution in [-0.2, 0) is 21.7 Å². The lowest BCUT2D eigenvalue weighted by molar-refractivity contribution is -0.148. The molecule has 1 unspecified atom stereocenters. The fraction of sp³-hybridized carbons (Fsp3) is 0.348. The number of aliphatic carboxylic acids is 1. The van der Waals surface area contributed by atoms with Crippen LogP contribution in [0.4, 0.5) is 4.79 Å². The highest BCUT2D eigenvalue weighted by Gasteiger charge is 2.58. The van der Waals surface area contributed by atoms with E-state index in [0.717, 1.165) is 14.9 Å². The SMILES string of the molecule is CC(C)CC(C(=O)O)N1C(=O)N(Cc2ccccc2)[C@@](C)(c2ccc(Br)cc2)C1=O. The highest BCUT2D eigenvalue weighted by atomic mass is 79.9. The van der Waals surface area contributed by atoms with Gasteiger partial charge in [0.15, 0.2) is 0 Å². The molecule has 1 fully saturated rings. The second kappa shape index (κ2) is 8.60. The van der Waals surface area contributed by atoms with Gasteiger partial charge < -0.3 is 10.0 Å². The molecule has 0 aromatic heterocycles. The predicted octanol–water partition coefficient (Wildman–Crippen LogP) is 4.63. The molecule has 1 saturated heterocycles. The van der Waals surface area contributed by atoms with Crippen molar-refractivity contribution in [1.82, 2.24) is 9.80 Å². The van der Waals surface area contributed by atoms with Gasteiger partial charge in [-0.25, -0.2) is 14.5 Å². The minimum atomic E-state index is -1.31. The van der Waals surface area contributed by atoms with Crippen molar-refractivity contribution in [1.29, 1.82) is 0 Å². The number of nitrogens with zero attached hydrogens (tertiary/aromatic N) is 2. The normalized spacial score (nSPS) is 20.2. The van der Waals surface area contributed by atoms with Crippen molar-refractivity contribution in [2.24, 2.45) is 5.92 Å². The summed E-state index contributed by atoms with van der Waals surface area (Å²) in [6.07, 6.45) is 0.197. The number of benzene rings is 2. The highest BCUT2D eigenvalue weighted by molar-refractivity contribution is 9.10. The molecular weight excluding hydrogens is 448 g/mol. The van der Waals surface area contributed by atoms with E-state index in [1.165, 1.54) is 4.90 Å². The molecule has 7 heteroatoms. The fourth-order valence-electron chi connectivity index (χ4n) is 3.84. The predicted molar refractivity (Wildman–Crippen MR) is 117 cm³/mol. The van der Waals surface area contributed by atoms with Crippen LogP contribution >= 0.6 is 15.9 Å². The molecule has 2 aromatic carbocycles. The second-order valence-electron chi connectivity index (χ2n) is 8.09. The molecule has 1 heterocycles. The van der Waals surface area contributed by atoms with Gasteiger partial charge in [0.05, 0.1) is 0 Å². The Bertz CT molecular complexity index is 945. The number of carbonyl (C=O) groups is 3. The zero-order valence-electron chi connectivity index (χ0n) is 17.2. The Balaban J connectivity index is 2.11. The van der Waals surface area contributed by atoms with Crippen molar-refractivity contribution in [3.05, 3.63) is 70.2 Å². The summed E-state index contributed by atoms with van der Waals surface area (Å²) >= 11 is 3.40. The number of amides is 3. The molecule has 3 amide bonds. The maximum atomic E-state index is 13.6. The van der Waals surface area contributed by atoms with E-state index < -0.39 is 29.5 Å². The number of rotatable bonds is 7. The van der Waals surface area contributed by atoms with Gasteiger partial charge in [0.25, 0.3) is 5.91 Å². The van der Waals surface area contributed by atoms with Crippen molar-refractivity contribution in [3.8, 4) is 0 Å². The maximum Gasteiger partial charge on any atom is 0.329 e. The van der Waals surface area contributed by atoms with Crippen LogP contribution in [-0.4, -0.2) is 38.9 Å². The minimum absolute atomic E-state index is 0.00816. The number of carboxylic acid groups (broad SMARTS) is 1. The zero-order chi connectivity index (χ0) is 22.1. The van der Waals surface area contributed by atoms with Crippen molar-refractivity contribution >= 4 is 33.8 Å². The van der Waals surface area contributed by atoms with Crippen LogP contribution < -0.4 is 0 Å². The van der Waals surface area contributed by atoms with Crippen LogP contribution in [0, 0.1) is 5.92 Å². The van der Waals surface area contributed by atoms with E-state index in [2.05, 4.69) is 15.9 Å². The van der Waals surface area contributed by atoms with E-state index in [4.69, 9.17) is 0 Å². The molecule has 0 spiro atoms. The van der Waals surface area contributed by atoms with E-state index >= 15 is 0 Å². The molecule has 2 aromatic rings. The Labute approximate surface area is 184 Å². The van der Waals surface area contributed by atoms with Gasteiger partial charge in [0.1, 0.15) is 11.6 Å². The molecule has 0 bridgehead atoms. The highest BCUT2D eigenvalue weighted by Crippen LogP contribution is 2.40. The van der Waals surface area contributed by atoms with Gasteiger partial charge in [-0.15, -0.1) is 0 Å². The lowest BCUT2D eigenvalue weighted by Gasteiger charge is -2.32. The molecule has 0 saturated carbocycles. The third-order valence-electron chi connectivity index (χ3n) is 5.49. The third kappa shape index (κ3) is 3.99. The lowest BCUT2D eigenvalue weighted by atomic mass is 9.89. The largest absolute Gasteiger partial charge is 0.480 e. The van der Waals surface area contributed by atoms with E-state index in [1.807, 2.05) is 56.3 Å². The van der Waals surface area contributed by atoms with Crippen LogP contribution in [0.3, 0.4) is 0 Å². The molecule has 1 aliphatic heterocycles. The van der Waals surface area contributed by atoms with Gasteiger partial charge in [-0.05, 0) is 42.5 Å². The quantitative estimate of drug-likeness (QED) is 0.595. The van der Waals surface area contributed by atoms with E-state index in [9.17, 15) is 19.5 Å². The first-order valence-electron chi connectivity index (χ1n) is 9.84. The average Bonchev–Trinajstić information content (AvgIpc) is 2.88. The lowest BCUT2D eigenvalue weighted by Crippen LogP contribution is -2.47. The molecule has 30 heavy (non-hydrogen) atoms. The van der Waals surface area contributed by atoms with Crippen molar-refractivity contribution in [2.75, 3.05) is 0 Å². The van der Waals surface area contributed by atoms with Crippen molar-refractivity contribution < 1.29 is 19.5 Å². The molecule has 0 aliphatic carbocycles. The van der Waals surface area contributed by atoms with E-state index in [0.29, 0.717) is 5.56 Å². The summed E-state index contributed by atoms with van der Waals surface area (Å²) in [6, 6.07) is 14.8.